The third-order valence-electron chi connectivity index (χ3n) is 5.30. The molecule has 0 aliphatic carbocycles. The van der Waals surface area contributed by atoms with Crippen molar-refractivity contribution in [2.24, 2.45) is 5.92 Å². The molecule has 3 rings (SSSR count). The normalized spacial score (nSPS) is 11.7. The summed E-state index contributed by atoms with van der Waals surface area (Å²) in [5.41, 5.74) is 2.29. The number of aliphatic carboxylic acids is 1. The van der Waals surface area contributed by atoms with Crippen molar-refractivity contribution in [3.05, 3.63) is 48.2 Å². The van der Waals surface area contributed by atoms with Gasteiger partial charge in [-0.1, -0.05) is 19.9 Å². The Morgan fingerprint density at radius 3 is 2.17 bits per heavy atom. The summed E-state index contributed by atoms with van der Waals surface area (Å²) in [6.07, 6.45) is 5.81. The molecule has 0 radical (unpaired) electrons. The lowest BCUT2D eigenvalue weighted by molar-refractivity contribution is -0.137. The Morgan fingerprint density at radius 2 is 1.66 bits per heavy atom. The molecular weight excluding hydrogens is 448 g/mol. The molecule has 0 spiro atoms. The molecule has 0 bridgehead atoms. The van der Waals surface area contributed by atoms with Gasteiger partial charge < -0.3 is 24.8 Å². The predicted octanol–water partition coefficient (Wildman–Crippen LogP) is 3.32. The van der Waals surface area contributed by atoms with Crippen molar-refractivity contribution in [1.82, 2.24) is 19.9 Å². The van der Waals surface area contributed by atoms with Gasteiger partial charge in [-0.25, -0.2) is 19.7 Å². The van der Waals surface area contributed by atoms with Crippen molar-refractivity contribution in [1.29, 1.82) is 0 Å². The number of carboxylic acid groups (broad SMARTS) is 1. The molecule has 3 aromatic rings. The Hall–Kier alpha value is -3.95. The predicted molar refractivity (Wildman–Crippen MR) is 134 cm³/mol. The van der Waals surface area contributed by atoms with Crippen molar-refractivity contribution in [3.8, 4) is 22.6 Å². The van der Waals surface area contributed by atoms with Crippen LogP contribution in [0.15, 0.2) is 36.8 Å². The summed E-state index contributed by atoms with van der Waals surface area (Å²) in [5, 5.41) is 13.0. The van der Waals surface area contributed by atoms with Crippen LogP contribution in [-0.2, 0) is 17.6 Å². The summed E-state index contributed by atoms with van der Waals surface area (Å²) >= 11 is 0. The lowest BCUT2D eigenvalue weighted by Crippen LogP contribution is -2.33. The first-order valence-corrected chi connectivity index (χ1v) is 11.3. The molecule has 2 N–H and O–H groups in total. The highest BCUT2D eigenvalue weighted by Gasteiger charge is 2.23. The molecular formula is C25H32N6O4. The second kappa shape index (κ2) is 11.5. The average Bonchev–Trinajstić information content (AvgIpc) is 2.84. The molecule has 0 saturated carbocycles. The van der Waals surface area contributed by atoms with Crippen LogP contribution in [0.4, 0.5) is 11.8 Å². The second-order valence-electron chi connectivity index (χ2n) is 8.70. The number of nitrogens with zero attached hydrogens (tertiary/aromatic N) is 5. The number of benzene rings is 1. The van der Waals surface area contributed by atoms with E-state index in [1.54, 1.807) is 37.7 Å². The van der Waals surface area contributed by atoms with Crippen molar-refractivity contribution in [2.75, 3.05) is 38.5 Å². The molecule has 0 amide bonds. The van der Waals surface area contributed by atoms with Gasteiger partial charge in [0.2, 0.25) is 5.95 Å². The molecule has 10 nitrogen and oxygen atoms in total. The Morgan fingerprint density at radius 1 is 1.03 bits per heavy atom. The van der Waals surface area contributed by atoms with E-state index in [0.29, 0.717) is 47.0 Å². The molecule has 2 heterocycles. The van der Waals surface area contributed by atoms with E-state index in [1.807, 2.05) is 32.3 Å². The van der Waals surface area contributed by atoms with Crippen LogP contribution in [0.3, 0.4) is 0 Å². The molecule has 0 unspecified atom stereocenters. The lowest BCUT2D eigenvalue weighted by Gasteiger charge is -2.20. The maximum absolute atomic E-state index is 12.1. The number of methoxy groups -OCH3 is 2. The number of rotatable bonds is 11. The van der Waals surface area contributed by atoms with Gasteiger partial charge >= 0.3 is 5.97 Å². The highest BCUT2D eigenvalue weighted by molar-refractivity contribution is 5.78. The van der Waals surface area contributed by atoms with Crippen molar-refractivity contribution >= 4 is 17.7 Å². The van der Waals surface area contributed by atoms with Crippen LogP contribution >= 0.6 is 0 Å². The highest BCUT2D eigenvalue weighted by Crippen LogP contribution is 2.37. The Labute approximate surface area is 205 Å². The number of hydrogen-bond donors (Lipinski definition) is 2. The standard InChI is InChI=1S/C25H32N6O4/c1-15(2)10-16-12-28-25(31(3)4)30-23(16)29-18(24(32)33)11-21-26-13-17(14-27-21)22-19(34-5)8-7-9-20(22)35-6/h7-9,12-15,18H,10-11H2,1-6H3,(H,32,33)(H,28,29,30)/t18-/m0/s1. The maximum Gasteiger partial charge on any atom is 0.326 e. The van der Waals surface area contributed by atoms with Crippen LogP contribution in [0, 0.1) is 5.92 Å². The first kappa shape index (κ1) is 25.7. The molecule has 186 valence electrons. The van der Waals surface area contributed by atoms with Crippen molar-refractivity contribution in [2.45, 2.75) is 32.7 Å². The van der Waals surface area contributed by atoms with Crippen LogP contribution in [0.1, 0.15) is 25.2 Å². The molecule has 10 heteroatoms. The minimum atomic E-state index is -1.02. The van der Waals surface area contributed by atoms with E-state index in [1.165, 1.54) is 0 Å². The SMILES string of the molecule is COc1cccc(OC)c1-c1cnc(C[C@H](Nc2nc(N(C)C)ncc2CC(C)C)C(=O)O)nc1. The topological polar surface area (TPSA) is 123 Å². The zero-order valence-electron chi connectivity index (χ0n) is 20.9. The van der Waals surface area contributed by atoms with Crippen LogP contribution < -0.4 is 19.7 Å². The van der Waals surface area contributed by atoms with Crippen LogP contribution in [0.5, 0.6) is 11.5 Å². The van der Waals surface area contributed by atoms with E-state index in [0.717, 1.165) is 11.1 Å². The fourth-order valence-electron chi connectivity index (χ4n) is 3.60. The minimum absolute atomic E-state index is 0.0705. The molecule has 0 aliphatic heterocycles. The molecule has 1 atom stereocenters. The average molecular weight is 481 g/mol. The van der Waals surface area contributed by atoms with E-state index >= 15 is 0 Å². The Kier molecular flexibility index (Phi) is 8.40. The second-order valence-corrected chi connectivity index (χ2v) is 8.70. The number of anilines is 2. The quantitative estimate of drug-likeness (QED) is 0.422. The van der Waals surface area contributed by atoms with Gasteiger partial charge in [0.15, 0.2) is 0 Å². The van der Waals surface area contributed by atoms with E-state index in [2.05, 4.69) is 39.1 Å². The summed E-state index contributed by atoms with van der Waals surface area (Å²) in [7, 11) is 6.84. The first-order valence-electron chi connectivity index (χ1n) is 11.3. The van der Waals surface area contributed by atoms with Crippen LogP contribution in [0.25, 0.3) is 11.1 Å². The van der Waals surface area contributed by atoms with Crippen molar-refractivity contribution in [3.63, 3.8) is 0 Å². The lowest BCUT2D eigenvalue weighted by atomic mass is 10.0. The van der Waals surface area contributed by atoms with Gasteiger partial charge in [-0.3, -0.25) is 0 Å². The molecule has 0 aliphatic rings. The van der Waals surface area contributed by atoms with Gasteiger partial charge in [0.25, 0.3) is 0 Å². The summed E-state index contributed by atoms with van der Waals surface area (Å²) < 4.78 is 10.9. The number of carbonyl (C=O) groups is 1. The minimum Gasteiger partial charge on any atom is -0.496 e. The fourth-order valence-corrected chi connectivity index (χ4v) is 3.60. The molecule has 1 aromatic carbocycles. The summed E-state index contributed by atoms with van der Waals surface area (Å²) in [5.74, 6) is 1.97. The van der Waals surface area contributed by atoms with E-state index in [4.69, 9.17) is 9.47 Å². The van der Waals surface area contributed by atoms with E-state index in [-0.39, 0.29) is 6.42 Å². The van der Waals surface area contributed by atoms with Gasteiger partial charge in [-0.15, -0.1) is 0 Å². The third kappa shape index (κ3) is 6.34. The smallest absolute Gasteiger partial charge is 0.326 e. The molecule has 0 saturated heterocycles. The highest BCUT2D eigenvalue weighted by atomic mass is 16.5. The van der Waals surface area contributed by atoms with Gasteiger partial charge in [-0.2, -0.15) is 4.98 Å². The number of hydrogen-bond acceptors (Lipinski definition) is 9. The van der Waals surface area contributed by atoms with Gasteiger partial charge in [0, 0.05) is 50.2 Å². The number of ether oxygens (including phenoxy) is 2. The first-order chi connectivity index (χ1) is 16.7. The van der Waals surface area contributed by atoms with Gasteiger partial charge in [0.1, 0.15) is 29.2 Å². The van der Waals surface area contributed by atoms with Crippen LogP contribution in [0.2, 0.25) is 0 Å². The van der Waals surface area contributed by atoms with Gasteiger partial charge in [-0.05, 0) is 24.5 Å². The monoisotopic (exact) mass is 480 g/mol. The van der Waals surface area contributed by atoms with Crippen molar-refractivity contribution < 1.29 is 19.4 Å². The number of nitrogens with one attached hydrogen (secondary N) is 1. The van der Waals surface area contributed by atoms with E-state index < -0.39 is 12.0 Å². The zero-order valence-corrected chi connectivity index (χ0v) is 20.9. The Bertz CT molecular complexity index is 1130. The van der Waals surface area contributed by atoms with Crippen LogP contribution in [-0.4, -0.2) is 65.4 Å². The number of carboxylic acids is 1. The molecule has 2 aromatic heterocycles. The fraction of sp³-hybridized carbons (Fsp3) is 0.400. The van der Waals surface area contributed by atoms with Gasteiger partial charge in [0.05, 0.1) is 19.8 Å². The third-order valence-corrected chi connectivity index (χ3v) is 5.30. The maximum atomic E-state index is 12.1. The number of aromatic nitrogens is 4. The molecule has 0 fully saturated rings. The summed E-state index contributed by atoms with van der Waals surface area (Å²) in [6.45, 7) is 4.18. The largest absolute Gasteiger partial charge is 0.496 e. The zero-order chi connectivity index (χ0) is 25.5. The Balaban J connectivity index is 1.87. The summed E-state index contributed by atoms with van der Waals surface area (Å²) in [4.78, 5) is 31.7. The molecule has 35 heavy (non-hydrogen) atoms. The summed E-state index contributed by atoms with van der Waals surface area (Å²) in [6, 6.07) is 4.52. The van der Waals surface area contributed by atoms with E-state index in [9.17, 15) is 9.90 Å².